The van der Waals surface area contributed by atoms with E-state index >= 15 is 0 Å². The molecule has 0 atom stereocenters. The molecule has 1 saturated heterocycles. The van der Waals surface area contributed by atoms with E-state index < -0.39 is 4.92 Å². The fourth-order valence-corrected chi connectivity index (χ4v) is 2.52. The number of nitro groups is 1. The van der Waals surface area contributed by atoms with Gasteiger partial charge in [-0.2, -0.15) is 0 Å². The van der Waals surface area contributed by atoms with Gasteiger partial charge in [0.1, 0.15) is 0 Å². The second-order valence-electron chi connectivity index (χ2n) is 5.35. The maximum absolute atomic E-state index is 10.8. The molecule has 0 aromatic heterocycles. The number of para-hydroxylation sites is 1. The van der Waals surface area contributed by atoms with Gasteiger partial charge in [-0.1, -0.05) is 6.07 Å². The van der Waals surface area contributed by atoms with Crippen LogP contribution in [0.5, 0.6) is 5.75 Å². The molecule has 7 heteroatoms. The summed E-state index contributed by atoms with van der Waals surface area (Å²) in [5, 5.41) is 20.7. The smallest absolute Gasteiger partial charge is 0.311 e. The number of benzene rings is 2. The van der Waals surface area contributed by atoms with Crippen molar-refractivity contribution >= 4 is 23.3 Å². The molecule has 2 aromatic rings. The number of nitrogens with zero attached hydrogens (tertiary/aromatic N) is 3. The molecule has 0 amide bonds. The van der Waals surface area contributed by atoms with E-state index in [1.807, 2.05) is 24.3 Å². The molecule has 0 bridgehead atoms. The molecule has 0 saturated carbocycles. The summed E-state index contributed by atoms with van der Waals surface area (Å²) in [6.45, 7) is 3.19. The number of anilines is 1. The summed E-state index contributed by atoms with van der Waals surface area (Å²) in [4.78, 5) is 16.7. The predicted octanol–water partition coefficient (Wildman–Crippen LogP) is 2.89. The molecule has 0 spiro atoms. The summed E-state index contributed by atoms with van der Waals surface area (Å²) in [5.74, 6) is -0.379. The van der Waals surface area contributed by atoms with Crippen LogP contribution < -0.4 is 4.90 Å². The minimum Gasteiger partial charge on any atom is -0.502 e. The van der Waals surface area contributed by atoms with E-state index in [9.17, 15) is 15.2 Å². The molecular weight excluding hydrogens is 310 g/mol. The standard InChI is InChI=1S/C17H17N3O4/c21-17-13(2-1-3-16(17)20(22)23)12-18-14-4-6-15(7-5-14)19-8-10-24-11-9-19/h1-7,12,21H,8-11H2. The highest BCUT2D eigenvalue weighted by Crippen LogP contribution is 2.28. The number of hydrogen-bond acceptors (Lipinski definition) is 6. The van der Waals surface area contributed by atoms with Crippen molar-refractivity contribution in [1.29, 1.82) is 0 Å². The molecule has 1 aliphatic heterocycles. The number of rotatable bonds is 4. The molecule has 2 aromatic carbocycles. The summed E-state index contributed by atoms with van der Waals surface area (Å²) in [6.07, 6.45) is 1.42. The van der Waals surface area contributed by atoms with Crippen LogP contribution in [-0.2, 0) is 4.74 Å². The van der Waals surface area contributed by atoms with Gasteiger partial charge >= 0.3 is 5.69 Å². The molecule has 1 fully saturated rings. The zero-order valence-electron chi connectivity index (χ0n) is 13.0. The third kappa shape index (κ3) is 3.52. The first-order chi connectivity index (χ1) is 11.6. The zero-order valence-corrected chi connectivity index (χ0v) is 13.0. The van der Waals surface area contributed by atoms with Crippen LogP contribution in [0.3, 0.4) is 0 Å². The summed E-state index contributed by atoms with van der Waals surface area (Å²) < 4.78 is 5.33. The maximum atomic E-state index is 10.8. The lowest BCUT2D eigenvalue weighted by molar-refractivity contribution is -0.385. The van der Waals surface area contributed by atoms with Gasteiger partial charge in [-0.15, -0.1) is 0 Å². The van der Waals surface area contributed by atoms with E-state index in [1.54, 1.807) is 6.07 Å². The van der Waals surface area contributed by atoms with Crippen LogP contribution in [0.25, 0.3) is 0 Å². The lowest BCUT2D eigenvalue weighted by Gasteiger charge is -2.28. The van der Waals surface area contributed by atoms with E-state index in [2.05, 4.69) is 9.89 Å². The van der Waals surface area contributed by atoms with Crippen LogP contribution in [0.4, 0.5) is 17.1 Å². The molecule has 0 radical (unpaired) electrons. The minimum absolute atomic E-state index is 0.307. The number of ether oxygens (including phenoxy) is 1. The van der Waals surface area contributed by atoms with Crippen LogP contribution in [0.15, 0.2) is 47.5 Å². The van der Waals surface area contributed by atoms with Gasteiger partial charge in [-0.25, -0.2) is 0 Å². The molecule has 124 valence electrons. The highest BCUT2D eigenvalue weighted by molar-refractivity contribution is 5.87. The number of phenols is 1. The van der Waals surface area contributed by atoms with E-state index in [-0.39, 0.29) is 11.4 Å². The van der Waals surface area contributed by atoms with Crippen LogP contribution in [0.1, 0.15) is 5.56 Å². The van der Waals surface area contributed by atoms with Gasteiger partial charge in [0.05, 0.1) is 23.8 Å². The van der Waals surface area contributed by atoms with E-state index in [1.165, 1.54) is 18.3 Å². The molecule has 1 aliphatic rings. The maximum Gasteiger partial charge on any atom is 0.311 e. The molecular formula is C17H17N3O4. The fraction of sp³-hybridized carbons (Fsp3) is 0.235. The third-order valence-electron chi connectivity index (χ3n) is 3.82. The van der Waals surface area contributed by atoms with E-state index in [0.717, 1.165) is 32.0 Å². The topological polar surface area (TPSA) is 88.2 Å². The predicted molar refractivity (Wildman–Crippen MR) is 91.5 cm³/mol. The van der Waals surface area contributed by atoms with Crippen LogP contribution in [0, 0.1) is 10.1 Å². The van der Waals surface area contributed by atoms with Crippen molar-refractivity contribution in [2.75, 3.05) is 31.2 Å². The van der Waals surface area contributed by atoms with Crippen molar-refractivity contribution in [1.82, 2.24) is 0 Å². The molecule has 3 rings (SSSR count). The van der Waals surface area contributed by atoms with E-state index in [0.29, 0.717) is 11.3 Å². The number of hydrogen-bond donors (Lipinski definition) is 1. The second kappa shape index (κ2) is 7.10. The van der Waals surface area contributed by atoms with Crippen LogP contribution in [0.2, 0.25) is 0 Å². The first kappa shape index (κ1) is 15.9. The number of nitro benzene ring substituents is 1. The number of morpholine rings is 1. The van der Waals surface area contributed by atoms with Gasteiger partial charge in [0, 0.05) is 36.6 Å². The van der Waals surface area contributed by atoms with E-state index in [4.69, 9.17) is 4.74 Å². The van der Waals surface area contributed by atoms with Gasteiger partial charge in [0.2, 0.25) is 5.75 Å². The Bertz CT molecular complexity index is 753. The largest absolute Gasteiger partial charge is 0.502 e. The van der Waals surface area contributed by atoms with Crippen molar-refractivity contribution in [2.45, 2.75) is 0 Å². The molecule has 0 unspecified atom stereocenters. The van der Waals surface area contributed by atoms with Crippen LogP contribution in [-0.4, -0.2) is 42.5 Å². The normalized spacial score (nSPS) is 14.9. The quantitative estimate of drug-likeness (QED) is 0.530. The molecule has 0 aliphatic carbocycles. The number of phenolic OH excluding ortho intramolecular Hbond substituents is 1. The summed E-state index contributed by atoms with van der Waals surface area (Å²) in [6, 6.07) is 12.0. The molecule has 7 nitrogen and oxygen atoms in total. The molecule has 1 heterocycles. The average Bonchev–Trinajstić information content (AvgIpc) is 2.62. The monoisotopic (exact) mass is 327 g/mol. The zero-order chi connectivity index (χ0) is 16.9. The Morgan fingerprint density at radius 1 is 1.17 bits per heavy atom. The van der Waals surface area contributed by atoms with Crippen molar-refractivity contribution in [3.05, 3.63) is 58.1 Å². The first-order valence-corrected chi connectivity index (χ1v) is 7.58. The van der Waals surface area contributed by atoms with Crippen molar-refractivity contribution in [3.63, 3.8) is 0 Å². The van der Waals surface area contributed by atoms with Crippen molar-refractivity contribution in [3.8, 4) is 5.75 Å². The summed E-state index contributed by atoms with van der Waals surface area (Å²) in [5.41, 5.74) is 1.79. The SMILES string of the molecule is O=[N+]([O-])c1cccc(C=Nc2ccc(N3CCOCC3)cc2)c1O. The van der Waals surface area contributed by atoms with Crippen LogP contribution >= 0.6 is 0 Å². The minimum atomic E-state index is -0.621. The number of aliphatic imine (C=N–C) groups is 1. The second-order valence-corrected chi connectivity index (χ2v) is 5.35. The Morgan fingerprint density at radius 2 is 1.88 bits per heavy atom. The summed E-state index contributed by atoms with van der Waals surface area (Å²) in [7, 11) is 0. The average molecular weight is 327 g/mol. The van der Waals surface area contributed by atoms with Gasteiger partial charge in [-0.3, -0.25) is 15.1 Å². The first-order valence-electron chi connectivity index (χ1n) is 7.58. The van der Waals surface area contributed by atoms with Gasteiger partial charge in [-0.05, 0) is 30.3 Å². The van der Waals surface area contributed by atoms with Gasteiger partial charge in [0.25, 0.3) is 0 Å². The highest BCUT2D eigenvalue weighted by atomic mass is 16.6. The van der Waals surface area contributed by atoms with Crippen molar-refractivity contribution in [2.24, 2.45) is 4.99 Å². The number of aromatic hydroxyl groups is 1. The Balaban J connectivity index is 1.75. The van der Waals surface area contributed by atoms with Crippen molar-refractivity contribution < 1.29 is 14.8 Å². The Morgan fingerprint density at radius 3 is 2.54 bits per heavy atom. The lowest BCUT2D eigenvalue weighted by Crippen LogP contribution is -2.36. The highest BCUT2D eigenvalue weighted by Gasteiger charge is 2.15. The lowest BCUT2D eigenvalue weighted by atomic mass is 10.2. The molecule has 24 heavy (non-hydrogen) atoms. The third-order valence-corrected chi connectivity index (χ3v) is 3.82. The van der Waals surface area contributed by atoms with Gasteiger partial charge in [0.15, 0.2) is 0 Å². The Kier molecular flexibility index (Phi) is 4.72. The summed E-state index contributed by atoms with van der Waals surface area (Å²) >= 11 is 0. The van der Waals surface area contributed by atoms with Gasteiger partial charge < -0.3 is 14.7 Å². The molecule has 1 N–H and O–H groups in total. The Labute approximate surface area is 139 Å². The fourth-order valence-electron chi connectivity index (χ4n) is 2.52. The Hall–Kier alpha value is -2.93.